The molecule has 0 saturated carbocycles. The predicted molar refractivity (Wildman–Crippen MR) is 97.2 cm³/mol. The van der Waals surface area contributed by atoms with E-state index in [9.17, 15) is 14.0 Å². The van der Waals surface area contributed by atoms with Crippen LogP contribution in [0.1, 0.15) is 24.2 Å². The van der Waals surface area contributed by atoms with Gasteiger partial charge in [-0.25, -0.2) is 9.18 Å². The summed E-state index contributed by atoms with van der Waals surface area (Å²) in [6.07, 6.45) is -1.08. The molecule has 1 atom stereocenters. The normalized spacial score (nSPS) is 11.7. The van der Waals surface area contributed by atoms with Gasteiger partial charge in [0.05, 0.1) is 5.56 Å². The SMILES string of the molecule is CCN(C)C(=O)c1ccc(-c2cc(Cl)ccc2O[C@@H](C)C(=O)O)cc1F. The summed E-state index contributed by atoms with van der Waals surface area (Å²) < 4.78 is 19.9. The van der Waals surface area contributed by atoms with Gasteiger partial charge in [0.2, 0.25) is 0 Å². The van der Waals surface area contributed by atoms with Crippen LogP contribution in [0, 0.1) is 5.82 Å². The summed E-state index contributed by atoms with van der Waals surface area (Å²) >= 11 is 6.02. The minimum atomic E-state index is -1.12. The molecule has 0 saturated heterocycles. The van der Waals surface area contributed by atoms with Crippen LogP contribution in [0.25, 0.3) is 11.1 Å². The van der Waals surface area contributed by atoms with E-state index < -0.39 is 23.8 Å². The zero-order valence-electron chi connectivity index (χ0n) is 14.6. The maximum Gasteiger partial charge on any atom is 0.344 e. The van der Waals surface area contributed by atoms with Crippen molar-refractivity contribution in [2.45, 2.75) is 20.0 Å². The van der Waals surface area contributed by atoms with Gasteiger partial charge in [-0.15, -0.1) is 0 Å². The van der Waals surface area contributed by atoms with E-state index in [2.05, 4.69) is 0 Å². The topological polar surface area (TPSA) is 66.8 Å². The molecule has 2 aromatic rings. The molecule has 0 aliphatic rings. The maximum absolute atomic E-state index is 14.5. The van der Waals surface area contributed by atoms with E-state index in [-0.39, 0.29) is 11.3 Å². The molecule has 138 valence electrons. The van der Waals surface area contributed by atoms with Crippen molar-refractivity contribution < 1.29 is 23.8 Å². The largest absolute Gasteiger partial charge is 0.479 e. The Morgan fingerprint density at radius 3 is 2.54 bits per heavy atom. The van der Waals surface area contributed by atoms with Crippen molar-refractivity contribution in [3.8, 4) is 16.9 Å². The highest BCUT2D eigenvalue weighted by Crippen LogP contribution is 2.34. The summed E-state index contributed by atoms with van der Waals surface area (Å²) in [5, 5.41) is 9.41. The van der Waals surface area contributed by atoms with E-state index >= 15 is 0 Å². The second kappa shape index (κ2) is 8.19. The van der Waals surface area contributed by atoms with Crippen molar-refractivity contribution in [2.24, 2.45) is 0 Å². The Morgan fingerprint density at radius 2 is 1.96 bits per heavy atom. The number of carbonyl (C=O) groups is 2. The van der Waals surface area contributed by atoms with Gasteiger partial charge < -0.3 is 14.7 Å². The smallest absolute Gasteiger partial charge is 0.344 e. The monoisotopic (exact) mass is 379 g/mol. The molecule has 0 aliphatic carbocycles. The molecule has 0 radical (unpaired) electrons. The molecule has 0 spiro atoms. The number of amides is 1. The number of hydrogen-bond donors (Lipinski definition) is 1. The van der Waals surface area contributed by atoms with Crippen LogP contribution in [-0.2, 0) is 4.79 Å². The van der Waals surface area contributed by atoms with Crippen LogP contribution in [-0.4, -0.2) is 41.6 Å². The van der Waals surface area contributed by atoms with Gasteiger partial charge in [0, 0.05) is 24.2 Å². The molecule has 7 heteroatoms. The van der Waals surface area contributed by atoms with E-state index in [1.807, 2.05) is 0 Å². The van der Waals surface area contributed by atoms with Crippen LogP contribution >= 0.6 is 11.6 Å². The third-order valence-electron chi connectivity index (χ3n) is 3.92. The van der Waals surface area contributed by atoms with Gasteiger partial charge in [0.25, 0.3) is 5.91 Å². The molecular formula is C19H19ClFNO4. The lowest BCUT2D eigenvalue weighted by Gasteiger charge is -2.17. The lowest BCUT2D eigenvalue weighted by Crippen LogP contribution is -2.27. The Kier molecular flexibility index (Phi) is 6.21. The summed E-state index contributed by atoms with van der Waals surface area (Å²) in [5.41, 5.74) is 0.821. The highest BCUT2D eigenvalue weighted by Gasteiger charge is 2.19. The Balaban J connectivity index is 2.45. The highest BCUT2D eigenvalue weighted by atomic mass is 35.5. The minimum Gasteiger partial charge on any atom is -0.479 e. The minimum absolute atomic E-state index is 0.0403. The average Bonchev–Trinajstić information content (AvgIpc) is 2.61. The molecule has 26 heavy (non-hydrogen) atoms. The summed E-state index contributed by atoms with van der Waals surface area (Å²) in [7, 11) is 1.59. The Morgan fingerprint density at radius 1 is 1.27 bits per heavy atom. The predicted octanol–water partition coefficient (Wildman–Crippen LogP) is 4.09. The number of carboxylic acids is 1. The fourth-order valence-corrected chi connectivity index (χ4v) is 2.45. The summed E-state index contributed by atoms with van der Waals surface area (Å²) in [6.45, 7) is 3.65. The molecule has 1 amide bonds. The van der Waals surface area contributed by atoms with Crippen LogP contribution in [0.3, 0.4) is 0 Å². The third-order valence-corrected chi connectivity index (χ3v) is 4.16. The van der Waals surface area contributed by atoms with E-state index in [1.165, 1.54) is 30.0 Å². The number of rotatable bonds is 6. The standard InChI is InChI=1S/C19H19ClFNO4/c1-4-22(3)18(23)14-7-5-12(9-16(14)21)15-10-13(20)6-8-17(15)26-11(2)19(24)25/h5-11H,4H2,1-3H3,(H,24,25)/t11-/m0/s1. The molecule has 0 heterocycles. The highest BCUT2D eigenvalue weighted by molar-refractivity contribution is 6.31. The summed E-state index contributed by atoms with van der Waals surface area (Å²) in [6, 6.07) is 8.81. The quantitative estimate of drug-likeness (QED) is 0.820. The second-order valence-corrected chi connectivity index (χ2v) is 6.19. The number of ether oxygens (including phenoxy) is 1. The van der Waals surface area contributed by atoms with E-state index in [0.717, 1.165) is 0 Å². The van der Waals surface area contributed by atoms with Gasteiger partial charge >= 0.3 is 5.97 Å². The first-order valence-electron chi connectivity index (χ1n) is 7.99. The molecule has 2 aromatic carbocycles. The van der Waals surface area contributed by atoms with Crippen LogP contribution < -0.4 is 4.74 Å². The van der Waals surface area contributed by atoms with Gasteiger partial charge in [-0.1, -0.05) is 17.7 Å². The van der Waals surface area contributed by atoms with Crippen LogP contribution in [0.15, 0.2) is 36.4 Å². The zero-order chi connectivity index (χ0) is 19.4. The lowest BCUT2D eigenvalue weighted by molar-refractivity contribution is -0.144. The first-order valence-corrected chi connectivity index (χ1v) is 8.36. The molecule has 0 fully saturated rings. The molecule has 0 unspecified atom stereocenters. The first-order chi connectivity index (χ1) is 12.2. The fourth-order valence-electron chi connectivity index (χ4n) is 2.28. The number of nitrogens with zero attached hydrogens (tertiary/aromatic N) is 1. The zero-order valence-corrected chi connectivity index (χ0v) is 15.4. The first kappa shape index (κ1) is 19.7. The van der Waals surface area contributed by atoms with Crippen molar-refractivity contribution >= 4 is 23.5 Å². The van der Waals surface area contributed by atoms with Crippen molar-refractivity contribution in [2.75, 3.05) is 13.6 Å². The Labute approximate surface area is 156 Å². The van der Waals surface area contributed by atoms with Crippen molar-refractivity contribution in [1.82, 2.24) is 4.90 Å². The van der Waals surface area contributed by atoms with Crippen LogP contribution in [0.4, 0.5) is 4.39 Å². The van der Waals surface area contributed by atoms with Gasteiger partial charge in [-0.05, 0) is 49.7 Å². The van der Waals surface area contributed by atoms with Gasteiger partial charge in [-0.3, -0.25) is 4.79 Å². The molecule has 0 aromatic heterocycles. The molecule has 0 bridgehead atoms. The van der Waals surface area contributed by atoms with Crippen LogP contribution in [0.2, 0.25) is 5.02 Å². The Hall–Kier alpha value is -2.60. The average molecular weight is 380 g/mol. The number of carbonyl (C=O) groups excluding carboxylic acids is 1. The van der Waals surface area contributed by atoms with Gasteiger partial charge in [0.1, 0.15) is 11.6 Å². The fraction of sp³-hybridized carbons (Fsp3) is 0.263. The lowest BCUT2D eigenvalue weighted by atomic mass is 10.0. The summed E-state index contributed by atoms with van der Waals surface area (Å²) in [4.78, 5) is 24.6. The Bertz CT molecular complexity index is 840. The molecule has 2 rings (SSSR count). The maximum atomic E-state index is 14.5. The van der Waals surface area contributed by atoms with E-state index in [1.54, 1.807) is 32.2 Å². The molecule has 0 aliphatic heterocycles. The summed E-state index contributed by atoms with van der Waals surface area (Å²) in [5.74, 6) is -1.96. The second-order valence-electron chi connectivity index (χ2n) is 5.75. The molecule has 1 N–H and O–H groups in total. The van der Waals surface area contributed by atoms with Gasteiger partial charge in [-0.2, -0.15) is 0 Å². The number of halogens is 2. The van der Waals surface area contributed by atoms with Crippen molar-refractivity contribution in [1.29, 1.82) is 0 Å². The van der Waals surface area contributed by atoms with Crippen LogP contribution in [0.5, 0.6) is 5.75 Å². The number of benzene rings is 2. The molecule has 5 nitrogen and oxygen atoms in total. The number of hydrogen-bond acceptors (Lipinski definition) is 3. The van der Waals surface area contributed by atoms with Crippen molar-refractivity contribution in [3.63, 3.8) is 0 Å². The third kappa shape index (κ3) is 4.32. The molecular weight excluding hydrogens is 361 g/mol. The number of aliphatic carboxylic acids is 1. The number of carboxylic acid groups (broad SMARTS) is 1. The van der Waals surface area contributed by atoms with Crippen molar-refractivity contribution in [3.05, 3.63) is 52.8 Å². The van der Waals surface area contributed by atoms with E-state index in [4.69, 9.17) is 21.4 Å². The van der Waals surface area contributed by atoms with Gasteiger partial charge in [0.15, 0.2) is 6.10 Å². The van der Waals surface area contributed by atoms with E-state index in [0.29, 0.717) is 22.7 Å².